The van der Waals surface area contributed by atoms with Gasteiger partial charge < -0.3 is 10.2 Å². The van der Waals surface area contributed by atoms with Gasteiger partial charge in [-0.1, -0.05) is 0 Å². The lowest BCUT2D eigenvalue weighted by Gasteiger charge is -2.56. The zero-order valence-electron chi connectivity index (χ0n) is 20.9. The first-order chi connectivity index (χ1) is 18.3. The largest absolute Gasteiger partial charge is 0.354 e. The Hall–Kier alpha value is -3.36. The highest BCUT2D eigenvalue weighted by atomic mass is 19.1. The molecule has 198 valence electrons. The van der Waals surface area contributed by atoms with E-state index in [0.29, 0.717) is 36.5 Å². The normalized spacial score (nSPS) is 29.8. The van der Waals surface area contributed by atoms with Gasteiger partial charge in [-0.25, -0.2) is 18.2 Å². The average Bonchev–Trinajstić information content (AvgIpc) is 3.29. The summed E-state index contributed by atoms with van der Waals surface area (Å²) in [6.07, 6.45) is 7.15. The van der Waals surface area contributed by atoms with Crippen molar-refractivity contribution in [3.05, 3.63) is 63.9 Å². The molecule has 9 heteroatoms. The molecule has 4 aliphatic carbocycles. The Bertz CT molecular complexity index is 1480. The van der Waals surface area contributed by atoms with E-state index in [1.54, 1.807) is 17.0 Å². The molecular weight excluding hydrogens is 493 g/mol. The van der Waals surface area contributed by atoms with Gasteiger partial charge in [-0.05, 0) is 87.0 Å². The Morgan fingerprint density at radius 3 is 2.37 bits per heavy atom. The molecule has 1 aromatic carbocycles. The average molecular weight is 523 g/mol. The van der Waals surface area contributed by atoms with E-state index < -0.39 is 29.1 Å². The minimum Gasteiger partial charge on any atom is -0.354 e. The molecule has 3 heterocycles. The molecule has 2 aromatic heterocycles. The number of aromatic nitrogens is 2. The highest BCUT2D eigenvalue weighted by molar-refractivity contribution is 5.97. The van der Waals surface area contributed by atoms with Crippen molar-refractivity contribution < 1.29 is 18.0 Å². The summed E-state index contributed by atoms with van der Waals surface area (Å²) in [5.74, 6) is 0.231. The number of anilines is 1. The molecule has 1 aliphatic heterocycles. The number of nitrogens with zero attached hydrogens (tertiary/aromatic N) is 3. The number of pyridine rings is 2. The Labute approximate surface area is 217 Å². The number of amides is 1. The highest BCUT2D eigenvalue weighted by Gasteiger charge is 2.51. The predicted molar refractivity (Wildman–Crippen MR) is 137 cm³/mol. The first-order valence-corrected chi connectivity index (χ1v) is 13.5. The smallest absolute Gasteiger partial charge is 0.257 e. The van der Waals surface area contributed by atoms with Crippen LogP contribution in [-0.4, -0.2) is 40.3 Å². The molecule has 5 aliphatic rings. The molecule has 0 spiro atoms. The summed E-state index contributed by atoms with van der Waals surface area (Å²) in [5.41, 5.74) is -0.803. The lowest BCUT2D eigenvalue weighted by Crippen LogP contribution is -2.60. The molecule has 1 amide bonds. The van der Waals surface area contributed by atoms with Gasteiger partial charge in [0, 0.05) is 24.3 Å². The predicted octanol–water partition coefficient (Wildman–Crippen LogP) is 4.91. The molecule has 1 saturated heterocycles. The maximum atomic E-state index is 15.0. The van der Waals surface area contributed by atoms with Crippen molar-refractivity contribution in [2.75, 3.05) is 18.0 Å². The van der Waals surface area contributed by atoms with Crippen LogP contribution in [0.25, 0.3) is 16.7 Å². The third-order valence-electron chi connectivity index (χ3n) is 9.12. The zero-order valence-corrected chi connectivity index (χ0v) is 20.9. The molecule has 1 atom stereocenters. The SMILES string of the molecule is O=C(NC12CC3CC(CC(C3)C1)C2)c1cn(-c2ccc(F)cc2F)c2nc(N3CC[C@H](F)C3)ccc2c1=O. The minimum atomic E-state index is -0.972. The first kappa shape index (κ1) is 23.7. The monoisotopic (exact) mass is 522 g/mol. The second kappa shape index (κ2) is 8.58. The van der Waals surface area contributed by atoms with Crippen LogP contribution >= 0.6 is 0 Å². The van der Waals surface area contributed by atoms with Gasteiger partial charge in [0.2, 0.25) is 5.43 Å². The van der Waals surface area contributed by atoms with Crippen LogP contribution in [0.5, 0.6) is 0 Å². The van der Waals surface area contributed by atoms with E-state index in [1.807, 2.05) is 0 Å². The van der Waals surface area contributed by atoms with Crippen molar-refractivity contribution in [3.63, 3.8) is 0 Å². The van der Waals surface area contributed by atoms with Crippen LogP contribution in [-0.2, 0) is 0 Å². The topological polar surface area (TPSA) is 67.2 Å². The Kier molecular flexibility index (Phi) is 5.36. The van der Waals surface area contributed by atoms with E-state index in [4.69, 9.17) is 0 Å². The number of benzene rings is 1. The first-order valence-electron chi connectivity index (χ1n) is 13.5. The molecule has 0 radical (unpaired) electrons. The molecule has 8 rings (SSSR count). The molecule has 3 aromatic rings. The number of fused-ring (bicyclic) bond motifs is 1. The van der Waals surface area contributed by atoms with E-state index in [9.17, 15) is 18.4 Å². The van der Waals surface area contributed by atoms with Gasteiger partial charge in [-0.3, -0.25) is 14.2 Å². The maximum Gasteiger partial charge on any atom is 0.257 e. The van der Waals surface area contributed by atoms with Crippen LogP contribution in [0.2, 0.25) is 0 Å². The summed E-state index contributed by atoms with van der Waals surface area (Å²) < 4.78 is 44.0. The van der Waals surface area contributed by atoms with Gasteiger partial charge in [-0.15, -0.1) is 0 Å². The van der Waals surface area contributed by atoms with Crippen molar-refractivity contribution in [2.45, 2.75) is 56.7 Å². The highest BCUT2D eigenvalue weighted by Crippen LogP contribution is 2.55. The summed E-state index contributed by atoms with van der Waals surface area (Å²) >= 11 is 0. The second-order valence-electron chi connectivity index (χ2n) is 11.9. The Morgan fingerprint density at radius 1 is 1.03 bits per heavy atom. The summed E-state index contributed by atoms with van der Waals surface area (Å²) in [5, 5.41) is 3.38. The molecule has 4 saturated carbocycles. The zero-order chi connectivity index (χ0) is 26.2. The standard InChI is InChI=1S/C29H29F3N4O2/c30-19-1-3-24(23(32)10-19)36-15-22(28(38)34-29-11-16-7-17(12-29)9-18(8-16)13-29)26(37)21-2-4-25(33-27(21)36)35-6-5-20(31)14-35/h1-4,10,15-18,20H,5-9,11-14H2,(H,34,38)/t16?,17?,18?,20-,29?/m0/s1. The summed E-state index contributed by atoms with van der Waals surface area (Å²) in [7, 11) is 0. The van der Waals surface area contributed by atoms with E-state index in [1.165, 1.54) is 36.1 Å². The van der Waals surface area contributed by atoms with Crippen molar-refractivity contribution in [3.8, 4) is 5.69 Å². The molecule has 1 N–H and O–H groups in total. The van der Waals surface area contributed by atoms with E-state index in [0.717, 1.165) is 31.4 Å². The van der Waals surface area contributed by atoms with Crippen LogP contribution in [0.4, 0.5) is 19.0 Å². The molecule has 6 nitrogen and oxygen atoms in total. The van der Waals surface area contributed by atoms with Gasteiger partial charge in [0.15, 0.2) is 5.65 Å². The number of rotatable bonds is 4. The van der Waals surface area contributed by atoms with Crippen LogP contribution in [0.15, 0.2) is 41.3 Å². The van der Waals surface area contributed by atoms with Crippen LogP contribution in [0, 0.1) is 29.4 Å². The molecule has 5 fully saturated rings. The summed E-state index contributed by atoms with van der Waals surface area (Å²) in [6, 6.07) is 6.33. The fourth-order valence-corrected chi connectivity index (χ4v) is 7.89. The third kappa shape index (κ3) is 3.89. The van der Waals surface area contributed by atoms with Gasteiger partial charge in [0.25, 0.3) is 5.91 Å². The van der Waals surface area contributed by atoms with Gasteiger partial charge >= 0.3 is 0 Å². The Morgan fingerprint density at radius 2 is 1.74 bits per heavy atom. The number of halogens is 3. The third-order valence-corrected chi connectivity index (χ3v) is 9.12. The van der Waals surface area contributed by atoms with E-state index in [-0.39, 0.29) is 34.4 Å². The number of alkyl halides is 1. The van der Waals surface area contributed by atoms with E-state index >= 15 is 4.39 Å². The lowest BCUT2D eigenvalue weighted by atomic mass is 9.53. The van der Waals surface area contributed by atoms with Crippen LogP contribution in [0.3, 0.4) is 0 Å². The van der Waals surface area contributed by atoms with Gasteiger partial charge in [0.1, 0.15) is 29.2 Å². The molecule has 0 unspecified atom stereocenters. The Balaban J connectivity index is 1.33. The fourth-order valence-electron chi connectivity index (χ4n) is 7.89. The maximum absolute atomic E-state index is 15.0. The van der Waals surface area contributed by atoms with Crippen molar-refractivity contribution in [1.29, 1.82) is 0 Å². The number of hydrogen-bond acceptors (Lipinski definition) is 4. The lowest BCUT2D eigenvalue weighted by molar-refractivity contribution is -0.0167. The van der Waals surface area contributed by atoms with Gasteiger partial charge in [-0.2, -0.15) is 0 Å². The molecule has 38 heavy (non-hydrogen) atoms. The minimum absolute atomic E-state index is 0.0327. The second-order valence-corrected chi connectivity index (χ2v) is 11.9. The van der Waals surface area contributed by atoms with E-state index in [2.05, 4.69) is 10.3 Å². The number of carbonyl (C=O) groups excluding carboxylic acids is 1. The van der Waals surface area contributed by atoms with Crippen LogP contribution in [0.1, 0.15) is 55.3 Å². The van der Waals surface area contributed by atoms with Crippen molar-refractivity contribution in [2.24, 2.45) is 17.8 Å². The van der Waals surface area contributed by atoms with Gasteiger partial charge in [0.05, 0.1) is 17.6 Å². The number of carbonyl (C=O) groups is 1. The van der Waals surface area contributed by atoms with Crippen molar-refractivity contribution >= 4 is 22.8 Å². The van der Waals surface area contributed by atoms with Crippen molar-refractivity contribution in [1.82, 2.24) is 14.9 Å². The summed E-state index contributed by atoms with van der Waals surface area (Å²) in [6.45, 7) is 0.652. The summed E-state index contributed by atoms with van der Waals surface area (Å²) in [4.78, 5) is 33.7. The molecule has 4 bridgehead atoms. The molecular formula is C29H29F3N4O2. The fraction of sp³-hybridized carbons (Fsp3) is 0.483. The number of hydrogen-bond donors (Lipinski definition) is 1. The van der Waals surface area contributed by atoms with Crippen LogP contribution < -0.4 is 15.6 Å². The quantitative estimate of drug-likeness (QED) is 0.529. The number of nitrogens with one attached hydrogen (secondary N) is 1.